The standard InChI is InChI=1S/C25H24N4O2S/c1-17-2-5-19(6-3-17)20-14-32-25-23(20)24(26-15-27-25)29-10-8-28(9-11-29)13-18-4-7-21-22(12-18)31-16-30-21/h2-7,12,14-15H,8-11,13,16H2,1H3/p+1. The Morgan fingerprint density at radius 2 is 1.81 bits per heavy atom. The Balaban J connectivity index is 1.21. The van der Waals surface area contributed by atoms with Gasteiger partial charge in [-0.1, -0.05) is 29.8 Å². The molecular formula is C25H25N4O2S+. The van der Waals surface area contributed by atoms with E-state index in [1.807, 2.05) is 6.07 Å². The summed E-state index contributed by atoms with van der Waals surface area (Å²) in [6, 6.07) is 15.0. The second kappa shape index (κ2) is 8.07. The van der Waals surface area contributed by atoms with Crippen molar-refractivity contribution >= 4 is 27.4 Å². The third-order valence-corrected chi connectivity index (χ3v) is 7.26. The summed E-state index contributed by atoms with van der Waals surface area (Å²) in [5.41, 5.74) is 5.02. The third kappa shape index (κ3) is 3.57. The number of nitrogens with one attached hydrogen (secondary N) is 1. The summed E-state index contributed by atoms with van der Waals surface area (Å²) in [6.45, 7) is 7.55. The predicted molar refractivity (Wildman–Crippen MR) is 127 cm³/mol. The molecule has 1 saturated heterocycles. The molecule has 0 unspecified atom stereocenters. The lowest BCUT2D eigenvalue weighted by Gasteiger charge is -2.33. The lowest BCUT2D eigenvalue weighted by Crippen LogP contribution is -3.13. The van der Waals surface area contributed by atoms with E-state index in [1.54, 1.807) is 22.6 Å². The first kappa shape index (κ1) is 19.5. The van der Waals surface area contributed by atoms with Crippen LogP contribution in [-0.2, 0) is 6.54 Å². The Morgan fingerprint density at radius 1 is 1.00 bits per heavy atom. The Kier molecular flexibility index (Phi) is 4.92. The number of hydrogen-bond acceptors (Lipinski definition) is 6. The minimum absolute atomic E-state index is 0.324. The summed E-state index contributed by atoms with van der Waals surface area (Å²) in [5.74, 6) is 2.78. The number of nitrogens with zero attached hydrogens (tertiary/aromatic N) is 3. The van der Waals surface area contributed by atoms with Crippen molar-refractivity contribution in [2.75, 3.05) is 37.9 Å². The highest BCUT2D eigenvalue weighted by Crippen LogP contribution is 2.38. The van der Waals surface area contributed by atoms with Crippen molar-refractivity contribution in [1.29, 1.82) is 0 Å². The van der Waals surface area contributed by atoms with E-state index in [1.165, 1.54) is 27.6 Å². The number of aryl methyl sites for hydroxylation is 1. The van der Waals surface area contributed by atoms with Crippen LogP contribution in [0.5, 0.6) is 11.5 Å². The van der Waals surface area contributed by atoms with Crippen LogP contribution in [0.2, 0.25) is 0 Å². The van der Waals surface area contributed by atoms with E-state index < -0.39 is 0 Å². The fourth-order valence-electron chi connectivity index (χ4n) is 4.60. The Morgan fingerprint density at radius 3 is 2.66 bits per heavy atom. The number of piperazine rings is 1. The topological polar surface area (TPSA) is 51.9 Å². The predicted octanol–water partition coefficient (Wildman–Crippen LogP) is 3.30. The number of hydrogen-bond donors (Lipinski definition) is 1. The fourth-order valence-corrected chi connectivity index (χ4v) is 5.51. The largest absolute Gasteiger partial charge is 0.454 e. The molecule has 4 heterocycles. The molecule has 0 atom stereocenters. The van der Waals surface area contributed by atoms with Crippen LogP contribution < -0.4 is 19.3 Å². The van der Waals surface area contributed by atoms with Crippen LogP contribution in [0.3, 0.4) is 0 Å². The molecule has 162 valence electrons. The van der Waals surface area contributed by atoms with Crippen molar-refractivity contribution in [3.05, 3.63) is 65.3 Å². The van der Waals surface area contributed by atoms with Crippen molar-refractivity contribution in [3.8, 4) is 22.6 Å². The molecule has 4 aromatic rings. The van der Waals surface area contributed by atoms with Crippen LogP contribution in [-0.4, -0.2) is 42.9 Å². The number of anilines is 1. The third-order valence-electron chi connectivity index (χ3n) is 6.37. The number of benzene rings is 2. The van der Waals surface area contributed by atoms with Gasteiger partial charge in [0.05, 0.1) is 31.6 Å². The smallest absolute Gasteiger partial charge is 0.231 e. The van der Waals surface area contributed by atoms with Crippen LogP contribution in [0.4, 0.5) is 5.82 Å². The summed E-state index contributed by atoms with van der Waals surface area (Å²) >= 11 is 1.70. The van der Waals surface area contributed by atoms with Gasteiger partial charge in [-0.3, -0.25) is 0 Å². The van der Waals surface area contributed by atoms with Gasteiger partial charge in [0.2, 0.25) is 6.79 Å². The molecular weight excluding hydrogens is 420 g/mol. The van der Waals surface area contributed by atoms with Crippen molar-refractivity contribution in [2.45, 2.75) is 13.5 Å². The molecule has 6 nitrogen and oxygen atoms in total. The SMILES string of the molecule is Cc1ccc(-c2csc3ncnc(N4CC[NH+](Cc5ccc6c(c5)OCO6)CC4)c23)cc1. The van der Waals surface area contributed by atoms with Crippen molar-refractivity contribution < 1.29 is 14.4 Å². The first-order valence-corrected chi connectivity index (χ1v) is 11.9. The highest BCUT2D eigenvalue weighted by molar-refractivity contribution is 7.17. The fraction of sp³-hybridized carbons (Fsp3) is 0.280. The maximum absolute atomic E-state index is 5.54. The van der Waals surface area contributed by atoms with E-state index in [9.17, 15) is 0 Å². The second-order valence-corrected chi connectivity index (χ2v) is 9.35. The summed E-state index contributed by atoms with van der Waals surface area (Å²) in [7, 11) is 0. The van der Waals surface area contributed by atoms with Gasteiger partial charge in [-0.15, -0.1) is 11.3 Å². The molecule has 1 fully saturated rings. The summed E-state index contributed by atoms with van der Waals surface area (Å²) < 4.78 is 11.0. The first-order valence-electron chi connectivity index (χ1n) is 11.0. The average molecular weight is 446 g/mol. The maximum atomic E-state index is 5.54. The molecule has 1 N–H and O–H groups in total. The van der Waals surface area contributed by atoms with Gasteiger partial charge in [0.25, 0.3) is 0 Å². The molecule has 0 bridgehead atoms. The maximum Gasteiger partial charge on any atom is 0.231 e. The van der Waals surface area contributed by atoms with Gasteiger partial charge >= 0.3 is 0 Å². The minimum atomic E-state index is 0.324. The Bertz CT molecular complexity index is 1260. The zero-order chi connectivity index (χ0) is 21.5. The van der Waals surface area contributed by atoms with Gasteiger partial charge in [-0.25, -0.2) is 9.97 Å². The van der Waals surface area contributed by atoms with Gasteiger partial charge < -0.3 is 19.3 Å². The zero-order valence-electron chi connectivity index (χ0n) is 18.0. The molecule has 2 aromatic carbocycles. The quantitative estimate of drug-likeness (QED) is 0.522. The monoisotopic (exact) mass is 445 g/mol. The Labute approximate surface area is 191 Å². The summed E-state index contributed by atoms with van der Waals surface area (Å²) in [5, 5.41) is 3.40. The number of aromatic nitrogens is 2. The number of ether oxygens (including phenoxy) is 2. The van der Waals surface area contributed by atoms with Crippen LogP contribution >= 0.6 is 11.3 Å². The molecule has 32 heavy (non-hydrogen) atoms. The second-order valence-electron chi connectivity index (χ2n) is 8.49. The van der Waals surface area contributed by atoms with Gasteiger partial charge in [-0.05, 0) is 30.7 Å². The number of thiophene rings is 1. The molecule has 7 heteroatoms. The molecule has 2 aliphatic rings. The molecule has 0 radical (unpaired) electrons. The molecule has 2 aromatic heterocycles. The van der Waals surface area contributed by atoms with Crippen LogP contribution in [0, 0.1) is 6.92 Å². The highest BCUT2D eigenvalue weighted by atomic mass is 32.1. The van der Waals surface area contributed by atoms with E-state index in [2.05, 4.69) is 58.6 Å². The van der Waals surface area contributed by atoms with Crippen molar-refractivity contribution in [1.82, 2.24) is 9.97 Å². The zero-order valence-corrected chi connectivity index (χ0v) is 18.8. The lowest BCUT2D eigenvalue weighted by atomic mass is 10.0. The van der Waals surface area contributed by atoms with Gasteiger partial charge in [-0.2, -0.15) is 0 Å². The molecule has 0 aliphatic carbocycles. The van der Waals surface area contributed by atoms with Crippen LogP contribution in [0.15, 0.2) is 54.2 Å². The van der Waals surface area contributed by atoms with Gasteiger partial charge in [0, 0.05) is 16.5 Å². The van der Waals surface area contributed by atoms with E-state index in [0.717, 1.165) is 54.9 Å². The van der Waals surface area contributed by atoms with E-state index >= 15 is 0 Å². The lowest BCUT2D eigenvalue weighted by molar-refractivity contribution is -0.914. The molecule has 0 amide bonds. The number of rotatable bonds is 4. The van der Waals surface area contributed by atoms with Gasteiger partial charge in [0.15, 0.2) is 11.5 Å². The first-order chi connectivity index (χ1) is 15.7. The van der Waals surface area contributed by atoms with Crippen LogP contribution in [0.1, 0.15) is 11.1 Å². The average Bonchev–Trinajstić information content (AvgIpc) is 3.47. The number of quaternary nitrogens is 1. The van der Waals surface area contributed by atoms with E-state index in [4.69, 9.17) is 14.5 Å². The summed E-state index contributed by atoms with van der Waals surface area (Å²) in [4.78, 5) is 14.4. The number of fused-ring (bicyclic) bond motifs is 2. The minimum Gasteiger partial charge on any atom is -0.454 e. The normalized spacial score (nSPS) is 16.1. The van der Waals surface area contributed by atoms with E-state index in [-0.39, 0.29) is 0 Å². The van der Waals surface area contributed by atoms with Crippen molar-refractivity contribution in [3.63, 3.8) is 0 Å². The van der Waals surface area contributed by atoms with E-state index in [0.29, 0.717) is 6.79 Å². The molecule has 6 rings (SSSR count). The molecule has 0 saturated carbocycles. The molecule has 0 spiro atoms. The highest BCUT2D eigenvalue weighted by Gasteiger charge is 2.25. The molecule has 2 aliphatic heterocycles. The van der Waals surface area contributed by atoms with Crippen LogP contribution in [0.25, 0.3) is 21.3 Å². The Hall–Kier alpha value is -3.16. The summed E-state index contributed by atoms with van der Waals surface area (Å²) in [6.07, 6.45) is 1.71. The van der Waals surface area contributed by atoms with Crippen molar-refractivity contribution in [2.24, 2.45) is 0 Å². The van der Waals surface area contributed by atoms with Gasteiger partial charge in [0.1, 0.15) is 23.5 Å².